The largest absolute Gasteiger partial charge is 0.349 e. The Kier molecular flexibility index (Phi) is 5.68. The molecule has 1 aromatic carbocycles. The summed E-state index contributed by atoms with van der Waals surface area (Å²) in [5, 5.41) is 10.5. The number of carbonyl (C=O) groups is 1. The van der Waals surface area contributed by atoms with Crippen molar-refractivity contribution < 1.29 is 9.18 Å². The van der Waals surface area contributed by atoms with Gasteiger partial charge in [-0.3, -0.25) is 4.79 Å². The molecule has 124 valence electrons. The zero-order chi connectivity index (χ0) is 15.5. The number of carbonyl (C=O) groups excluding carboxylic acids is 1. The van der Waals surface area contributed by atoms with E-state index in [0.29, 0.717) is 19.0 Å². The Bertz CT molecular complexity index is 673. The predicted molar refractivity (Wildman–Crippen MR) is 85.8 cm³/mol. The summed E-state index contributed by atoms with van der Waals surface area (Å²) >= 11 is 0. The molecule has 23 heavy (non-hydrogen) atoms. The second-order valence-electron chi connectivity index (χ2n) is 5.64. The molecule has 0 bridgehead atoms. The zero-order valence-electron chi connectivity index (χ0n) is 12.5. The molecule has 0 aliphatic heterocycles. The van der Waals surface area contributed by atoms with E-state index in [1.807, 2.05) is 0 Å². The lowest BCUT2D eigenvalue weighted by Crippen LogP contribution is -2.38. The van der Waals surface area contributed by atoms with Crippen LogP contribution in [-0.4, -0.2) is 33.5 Å². The minimum Gasteiger partial charge on any atom is -0.349 e. The number of rotatable bonds is 6. The lowest BCUT2D eigenvalue weighted by molar-refractivity contribution is 0.0945. The first kappa shape index (κ1) is 17.4. The summed E-state index contributed by atoms with van der Waals surface area (Å²) in [5.74, 6) is -0.0600. The molecular formula is C15H19ClFN5O. The maximum Gasteiger partial charge on any atom is 0.273 e. The van der Waals surface area contributed by atoms with Crippen molar-refractivity contribution >= 4 is 18.3 Å². The van der Waals surface area contributed by atoms with Gasteiger partial charge in [-0.05, 0) is 36.5 Å². The second kappa shape index (κ2) is 7.52. The monoisotopic (exact) mass is 339 g/mol. The molecule has 0 spiro atoms. The van der Waals surface area contributed by atoms with Crippen LogP contribution in [0.15, 0.2) is 30.5 Å². The van der Waals surface area contributed by atoms with Crippen LogP contribution in [0.1, 0.15) is 28.9 Å². The third-order valence-electron chi connectivity index (χ3n) is 3.73. The number of hydrogen-bond acceptors (Lipinski definition) is 4. The molecule has 2 aromatic rings. The lowest BCUT2D eigenvalue weighted by atomic mass is 10.2. The van der Waals surface area contributed by atoms with E-state index >= 15 is 0 Å². The van der Waals surface area contributed by atoms with Gasteiger partial charge >= 0.3 is 0 Å². The standard InChI is InChI=1S/C15H18FN5O.ClH/c16-12-3-1-2-10(6-12)8-21-9-14(19-20-21)15(22)18-7-13(17)11-4-5-11;/h1-3,6,9,11,13H,4-5,7-8,17H2,(H,18,22);1H. The van der Waals surface area contributed by atoms with Crippen molar-refractivity contribution in [1.29, 1.82) is 0 Å². The number of benzene rings is 1. The topological polar surface area (TPSA) is 85.8 Å². The Hall–Kier alpha value is -1.99. The summed E-state index contributed by atoms with van der Waals surface area (Å²) in [4.78, 5) is 12.0. The molecule has 1 saturated carbocycles. The average Bonchev–Trinajstić information content (AvgIpc) is 3.25. The van der Waals surface area contributed by atoms with Gasteiger partial charge in [0.05, 0.1) is 12.7 Å². The van der Waals surface area contributed by atoms with Crippen LogP contribution in [0, 0.1) is 11.7 Å². The Labute approximate surface area is 139 Å². The van der Waals surface area contributed by atoms with Crippen LogP contribution in [-0.2, 0) is 6.54 Å². The van der Waals surface area contributed by atoms with Crippen molar-refractivity contribution in [2.75, 3.05) is 6.54 Å². The van der Waals surface area contributed by atoms with E-state index in [9.17, 15) is 9.18 Å². The van der Waals surface area contributed by atoms with Gasteiger partial charge in [0.15, 0.2) is 5.69 Å². The van der Waals surface area contributed by atoms with E-state index in [1.54, 1.807) is 18.3 Å². The van der Waals surface area contributed by atoms with Gasteiger partial charge in [-0.15, -0.1) is 17.5 Å². The molecule has 0 saturated heterocycles. The number of nitrogens with one attached hydrogen (secondary N) is 1. The highest BCUT2D eigenvalue weighted by Gasteiger charge is 2.28. The highest BCUT2D eigenvalue weighted by Crippen LogP contribution is 2.31. The van der Waals surface area contributed by atoms with Crippen LogP contribution in [0.3, 0.4) is 0 Å². The highest BCUT2D eigenvalue weighted by molar-refractivity contribution is 5.91. The average molecular weight is 340 g/mol. The quantitative estimate of drug-likeness (QED) is 0.832. The normalized spacial score (nSPS) is 14.9. The Morgan fingerprint density at radius 3 is 2.96 bits per heavy atom. The minimum atomic E-state index is -0.301. The third kappa shape index (κ3) is 4.74. The number of nitrogens with two attached hydrogens (primary N) is 1. The molecule has 1 aliphatic rings. The number of aromatic nitrogens is 3. The van der Waals surface area contributed by atoms with Gasteiger partial charge in [-0.2, -0.15) is 0 Å². The van der Waals surface area contributed by atoms with Crippen LogP contribution >= 0.6 is 12.4 Å². The lowest BCUT2D eigenvalue weighted by Gasteiger charge is -2.10. The fourth-order valence-electron chi connectivity index (χ4n) is 2.29. The smallest absolute Gasteiger partial charge is 0.273 e. The third-order valence-corrected chi connectivity index (χ3v) is 3.73. The van der Waals surface area contributed by atoms with E-state index in [-0.39, 0.29) is 35.9 Å². The maximum atomic E-state index is 13.1. The molecule has 1 aliphatic carbocycles. The summed E-state index contributed by atoms with van der Waals surface area (Å²) in [6, 6.07) is 6.24. The highest BCUT2D eigenvalue weighted by atomic mass is 35.5. The maximum absolute atomic E-state index is 13.1. The Balaban J connectivity index is 0.00000192. The van der Waals surface area contributed by atoms with Crippen molar-refractivity contribution in [3.05, 3.63) is 47.5 Å². The van der Waals surface area contributed by atoms with Gasteiger partial charge in [0.2, 0.25) is 0 Å². The van der Waals surface area contributed by atoms with Crippen molar-refractivity contribution in [1.82, 2.24) is 20.3 Å². The molecule has 3 N–H and O–H groups in total. The molecule has 3 rings (SSSR count). The van der Waals surface area contributed by atoms with Crippen LogP contribution in [0.4, 0.5) is 4.39 Å². The van der Waals surface area contributed by atoms with E-state index < -0.39 is 0 Å². The van der Waals surface area contributed by atoms with Crippen LogP contribution in [0.25, 0.3) is 0 Å². The van der Waals surface area contributed by atoms with Gasteiger partial charge in [-0.25, -0.2) is 9.07 Å². The fraction of sp³-hybridized carbons (Fsp3) is 0.400. The van der Waals surface area contributed by atoms with Crippen LogP contribution in [0.2, 0.25) is 0 Å². The van der Waals surface area contributed by atoms with E-state index in [2.05, 4.69) is 15.6 Å². The van der Waals surface area contributed by atoms with E-state index in [0.717, 1.165) is 18.4 Å². The Morgan fingerprint density at radius 1 is 1.48 bits per heavy atom. The van der Waals surface area contributed by atoms with Crippen molar-refractivity contribution in [2.24, 2.45) is 11.7 Å². The zero-order valence-corrected chi connectivity index (χ0v) is 13.3. The van der Waals surface area contributed by atoms with Crippen molar-refractivity contribution in [3.63, 3.8) is 0 Å². The van der Waals surface area contributed by atoms with Gasteiger partial charge in [0.25, 0.3) is 5.91 Å². The molecule has 8 heteroatoms. The molecule has 0 radical (unpaired) electrons. The Morgan fingerprint density at radius 2 is 2.26 bits per heavy atom. The fourth-order valence-corrected chi connectivity index (χ4v) is 2.29. The number of hydrogen-bond donors (Lipinski definition) is 2. The van der Waals surface area contributed by atoms with E-state index in [1.165, 1.54) is 16.8 Å². The molecule has 1 atom stereocenters. The molecule has 6 nitrogen and oxygen atoms in total. The number of halogens is 2. The number of amides is 1. The summed E-state index contributed by atoms with van der Waals surface area (Å²) in [5.41, 5.74) is 6.93. The molecule has 1 aromatic heterocycles. The summed E-state index contributed by atoms with van der Waals surface area (Å²) in [7, 11) is 0. The predicted octanol–water partition coefficient (Wildman–Crippen LogP) is 1.35. The first-order valence-electron chi connectivity index (χ1n) is 7.30. The van der Waals surface area contributed by atoms with Crippen molar-refractivity contribution in [3.8, 4) is 0 Å². The first-order valence-corrected chi connectivity index (χ1v) is 7.30. The van der Waals surface area contributed by atoms with Gasteiger partial charge in [0.1, 0.15) is 5.82 Å². The summed E-state index contributed by atoms with van der Waals surface area (Å²) in [6.45, 7) is 0.805. The van der Waals surface area contributed by atoms with Crippen LogP contribution in [0.5, 0.6) is 0 Å². The number of nitrogens with zero attached hydrogens (tertiary/aromatic N) is 3. The van der Waals surface area contributed by atoms with Gasteiger partial charge < -0.3 is 11.1 Å². The molecular weight excluding hydrogens is 321 g/mol. The molecule has 1 unspecified atom stereocenters. The van der Waals surface area contributed by atoms with Gasteiger partial charge in [-0.1, -0.05) is 17.3 Å². The minimum absolute atomic E-state index is 0. The van der Waals surface area contributed by atoms with Gasteiger partial charge in [0, 0.05) is 12.6 Å². The summed E-state index contributed by atoms with van der Waals surface area (Å²) < 4.78 is 14.6. The van der Waals surface area contributed by atoms with Crippen LogP contribution < -0.4 is 11.1 Å². The van der Waals surface area contributed by atoms with Crippen molar-refractivity contribution in [2.45, 2.75) is 25.4 Å². The molecule has 1 amide bonds. The summed E-state index contributed by atoms with van der Waals surface area (Å²) in [6.07, 6.45) is 3.82. The van der Waals surface area contributed by atoms with E-state index in [4.69, 9.17) is 5.73 Å². The SMILES string of the molecule is Cl.NC(CNC(=O)c1cn(Cc2cccc(F)c2)nn1)C1CC1. The molecule has 1 heterocycles. The molecule has 1 fully saturated rings. The second-order valence-corrected chi connectivity index (χ2v) is 5.64. The first-order chi connectivity index (χ1) is 10.6.